The van der Waals surface area contributed by atoms with E-state index in [0.29, 0.717) is 17.8 Å². The topological polar surface area (TPSA) is 129 Å². The number of rotatable bonds is 5. The van der Waals surface area contributed by atoms with Gasteiger partial charge >= 0.3 is 0 Å². The van der Waals surface area contributed by atoms with E-state index in [0.717, 1.165) is 6.42 Å². The highest BCUT2D eigenvalue weighted by Gasteiger charge is 2.45. The number of nitrogen functional groups attached to an aromatic ring is 1. The Kier molecular flexibility index (Phi) is 4.21. The van der Waals surface area contributed by atoms with Crippen LogP contribution in [0.1, 0.15) is 19.6 Å². The average molecular weight is 309 g/mol. The van der Waals surface area contributed by atoms with Crippen LogP contribution < -0.4 is 5.73 Å². The van der Waals surface area contributed by atoms with E-state index in [1.54, 1.807) is 4.57 Å². The maximum Gasteiger partial charge on any atom is 0.167 e. The second-order valence-corrected chi connectivity index (χ2v) is 5.16. The Hall–Kier alpha value is -1.81. The minimum Gasteiger partial charge on any atom is -0.394 e. The number of aliphatic hydroxyl groups excluding tert-OH is 2. The fraction of sp³-hybridized carbons (Fsp3) is 0.615. The quantitative estimate of drug-likeness (QED) is 0.671. The Bertz CT molecular complexity index is 648. The van der Waals surface area contributed by atoms with Gasteiger partial charge in [-0.2, -0.15) is 0 Å². The molecule has 3 rings (SSSR count). The Morgan fingerprint density at radius 2 is 2.23 bits per heavy atom. The van der Waals surface area contributed by atoms with Gasteiger partial charge in [-0.25, -0.2) is 15.0 Å². The summed E-state index contributed by atoms with van der Waals surface area (Å²) in [5, 5.41) is 19.6. The molecule has 1 fully saturated rings. The van der Waals surface area contributed by atoms with Gasteiger partial charge in [-0.15, -0.1) is 0 Å². The first-order valence-electron chi connectivity index (χ1n) is 7.16. The van der Waals surface area contributed by atoms with Crippen LogP contribution in [0.2, 0.25) is 0 Å². The largest absolute Gasteiger partial charge is 0.394 e. The standard InChI is InChI=1S/C13H19N5O4/c1-2-3-21-10-9(20)7(4-19)22-13(10)18-6-17-8-11(14)15-5-16-12(8)18/h5-7,9-10,13,19-20H,2-4H2,1H3,(H2,14,15,16)/t7-,9+,10-,13-/m1/s1. The SMILES string of the molecule is CCCO[C@@H]1[C@@H](O)[C@@H](CO)O[C@H]1n1cnc2c(N)ncnc21. The van der Waals surface area contributed by atoms with Gasteiger partial charge in [-0.3, -0.25) is 4.57 Å². The molecule has 0 unspecified atom stereocenters. The molecule has 0 bridgehead atoms. The number of imidazole rings is 1. The van der Waals surface area contributed by atoms with E-state index in [1.165, 1.54) is 12.7 Å². The molecular weight excluding hydrogens is 290 g/mol. The molecule has 1 aliphatic rings. The van der Waals surface area contributed by atoms with E-state index in [-0.39, 0.29) is 12.4 Å². The van der Waals surface area contributed by atoms with Crippen LogP contribution in [0.25, 0.3) is 11.2 Å². The molecule has 0 aromatic carbocycles. The minimum atomic E-state index is -0.932. The van der Waals surface area contributed by atoms with Crippen molar-refractivity contribution in [3.05, 3.63) is 12.7 Å². The van der Waals surface area contributed by atoms with E-state index in [2.05, 4.69) is 15.0 Å². The maximum atomic E-state index is 10.3. The third kappa shape index (κ3) is 2.41. The van der Waals surface area contributed by atoms with Gasteiger partial charge in [-0.1, -0.05) is 6.92 Å². The zero-order chi connectivity index (χ0) is 15.7. The van der Waals surface area contributed by atoms with Crippen LogP contribution in [0.5, 0.6) is 0 Å². The van der Waals surface area contributed by atoms with Crippen molar-refractivity contribution < 1.29 is 19.7 Å². The number of nitrogens with zero attached hydrogens (tertiary/aromatic N) is 4. The van der Waals surface area contributed by atoms with Crippen molar-refractivity contribution in [1.82, 2.24) is 19.5 Å². The molecule has 1 aliphatic heterocycles. The van der Waals surface area contributed by atoms with Gasteiger partial charge < -0.3 is 25.4 Å². The Morgan fingerprint density at radius 1 is 1.41 bits per heavy atom. The molecule has 9 nitrogen and oxygen atoms in total. The average Bonchev–Trinajstić information content (AvgIpc) is 3.07. The predicted molar refractivity (Wildman–Crippen MR) is 76.8 cm³/mol. The van der Waals surface area contributed by atoms with Crippen molar-refractivity contribution >= 4 is 17.0 Å². The minimum absolute atomic E-state index is 0.270. The van der Waals surface area contributed by atoms with E-state index < -0.39 is 24.5 Å². The molecule has 3 heterocycles. The highest BCUT2D eigenvalue weighted by atomic mass is 16.6. The van der Waals surface area contributed by atoms with E-state index >= 15 is 0 Å². The molecule has 120 valence electrons. The highest BCUT2D eigenvalue weighted by Crippen LogP contribution is 2.33. The summed E-state index contributed by atoms with van der Waals surface area (Å²) >= 11 is 0. The summed E-state index contributed by atoms with van der Waals surface area (Å²) in [5.74, 6) is 0.270. The number of hydrogen-bond donors (Lipinski definition) is 3. The van der Waals surface area contributed by atoms with Crippen molar-refractivity contribution in [3.8, 4) is 0 Å². The first kappa shape index (κ1) is 15.1. The summed E-state index contributed by atoms with van der Waals surface area (Å²) in [7, 11) is 0. The Morgan fingerprint density at radius 3 is 2.95 bits per heavy atom. The second kappa shape index (κ2) is 6.13. The number of hydrogen-bond acceptors (Lipinski definition) is 8. The van der Waals surface area contributed by atoms with Crippen LogP contribution in [-0.2, 0) is 9.47 Å². The van der Waals surface area contributed by atoms with Crippen molar-refractivity contribution in [2.24, 2.45) is 0 Å². The lowest BCUT2D eigenvalue weighted by atomic mass is 10.1. The molecule has 1 saturated heterocycles. The van der Waals surface area contributed by atoms with Crippen molar-refractivity contribution in [2.75, 3.05) is 18.9 Å². The van der Waals surface area contributed by atoms with Gasteiger partial charge in [0.2, 0.25) is 0 Å². The van der Waals surface area contributed by atoms with Crippen LogP contribution in [-0.4, -0.2) is 61.3 Å². The third-order valence-electron chi connectivity index (χ3n) is 3.67. The van der Waals surface area contributed by atoms with Crippen LogP contribution in [0.3, 0.4) is 0 Å². The lowest BCUT2D eigenvalue weighted by Crippen LogP contribution is -2.35. The lowest BCUT2D eigenvalue weighted by molar-refractivity contribution is -0.0703. The molecule has 4 N–H and O–H groups in total. The summed E-state index contributed by atoms with van der Waals surface area (Å²) in [6.07, 6.45) is 0.756. The third-order valence-corrected chi connectivity index (χ3v) is 3.67. The molecule has 9 heteroatoms. The first-order chi connectivity index (χ1) is 10.7. The van der Waals surface area contributed by atoms with Crippen molar-refractivity contribution in [2.45, 2.75) is 37.9 Å². The lowest BCUT2D eigenvalue weighted by Gasteiger charge is -2.21. The summed E-state index contributed by atoms with van der Waals surface area (Å²) in [6, 6.07) is 0. The van der Waals surface area contributed by atoms with Crippen molar-refractivity contribution in [1.29, 1.82) is 0 Å². The molecule has 2 aromatic rings. The van der Waals surface area contributed by atoms with Gasteiger partial charge in [0, 0.05) is 6.61 Å². The Labute approximate surface area is 126 Å². The second-order valence-electron chi connectivity index (χ2n) is 5.16. The normalized spacial score (nSPS) is 28.5. The molecule has 0 amide bonds. The van der Waals surface area contributed by atoms with Crippen LogP contribution in [0, 0.1) is 0 Å². The summed E-state index contributed by atoms with van der Waals surface area (Å²) in [6.45, 7) is 2.15. The molecular formula is C13H19N5O4. The zero-order valence-corrected chi connectivity index (χ0v) is 12.2. The number of aliphatic hydroxyl groups is 2. The molecule has 4 atom stereocenters. The fourth-order valence-corrected chi connectivity index (χ4v) is 2.58. The number of fused-ring (bicyclic) bond motifs is 1. The van der Waals surface area contributed by atoms with Crippen molar-refractivity contribution in [3.63, 3.8) is 0 Å². The number of ether oxygens (including phenoxy) is 2. The molecule has 0 aliphatic carbocycles. The maximum absolute atomic E-state index is 10.3. The number of nitrogens with two attached hydrogens (primary N) is 1. The molecule has 22 heavy (non-hydrogen) atoms. The summed E-state index contributed by atoms with van der Waals surface area (Å²) in [5.41, 5.74) is 6.73. The molecule has 0 saturated carbocycles. The van der Waals surface area contributed by atoms with Gasteiger partial charge in [0.15, 0.2) is 17.7 Å². The van der Waals surface area contributed by atoms with E-state index in [9.17, 15) is 10.2 Å². The van der Waals surface area contributed by atoms with Crippen LogP contribution >= 0.6 is 0 Å². The fourth-order valence-electron chi connectivity index (χ4n) is 2.58. The summed E-state index contributed by atoms with van der Waals surface area (Å²) < 4.78 is 13.1. The van der Waals surface area contributed by atoms with Crippen LogP contribution in [0.4, 0.5) is 5.82 Å². The van der Waals surface area contributed by atoms with Gasteiger partial charge in [0.25, 0.3) is 0 Å². The number of aromatic nitrogens is 4. The molecule has 0 spiro atoms. The smallest absolute Gasteiger partial charge is 0.167 e. The first-order valence-corrected chi connectivity index (χ1v) is 7.16. The monoisotopic (exact) mass is 309 g/mol. The van der Waals surface area contributed by atoms with Gasteiger partial charge in [0.1, 0.15) is 30.2 Å². The van der Waals surface area contributed by atoms with E-state index in [4.69, 9.17) is 15.2 Å². The molecule has 2 aromatic heterocycles. The van der Waals surface area contributed by atoms with Crippen LogP contribution in [0.15, 0.2) is 12.7 Å². The van der Waals surface area contributed by atoms with E-state index in [1.807, 2.05) is 6.92 Å². The number of anilines is 1. The van der Waals surface area contributed by atoms with Gasteiger partial charge in [0.05, 0.1) is 12.9 Å². The van der Waals surface area contributed by atoms with Gasteiger partial charge in [-0.05, 0) is 6.42 Å². The Balaban J connectivity index is 1.97. The molecule has 0 radical (unpaired) electrons. The predicted octanol–water partition coefficient (Wildman–Crippen LogP) is -0.546. The zero-order valence-electron chi connectivity index (χ0n) is 12.2. The summed E-state index contributed by atoms with van der Waals surface area (Å²) in [4.78, 5) is 12.2. The highest BCUT2D eigenvalue weighted by molar-refractivity contribution is 5.81.